The Labute approximate surface area is 115 Å². The van der Waals surface area contributed by atoms with Crippen molar-refractivity contribution in [2.45, 2.75) is 44.9 Å². The minimum Gasteiger partial charge on any atom is -0.469 e. The summed E-state index contributed by atoms with van der Waals surface area (Å²) in [7, 11) is 1.42. The number of carbonyl (C=O) groups is 2. The van der Waals surface area contributed by atoms with E-state index in [2.05, 4.69) is 23.0 Å². The Bertz CT molecular complexity index is 331. The molecule has 0 bridgehead atoms. The Kier molecular flexibility index (Phi) is 7.87. The fourth-order valence-electron chi connectivity index (χ4n) is 2.65. The summed E-state index contributed by atoms with van der Waals surface area (Å²) in [5, 5.41) is 0. The second kappa shape index (κ2) is 9.54. The van der Waals surface area contributed by atoms with E-state index in [-0.39, 0.29) is 5.97 Å². The highest BCUT2D eigenvalue weighted by Crippen LogP contribution is 2.35. The molecule has 0 aromatic carbocycles. The van der Waals surface area contributed by atoms with Gasteiger partial charge < -0.3 is 4.74 Å². The summed E-state index contributed by atoms with van der Waals surface area (Å²) in [5.74, 6) is 1.10. The molecule has 0 heterocycles. The molecule has 0 amide bonds. The highest BCUT2D eigenvalue weighted by molar-refractivity contribution is 5.69. The van der Waals surface area contributed by atoms with E-state index in [0.29, 0.717) is 18.3 Å². The number of allylic oxidation sites excluding steroid dienone is 4. The van der Waals surface area contributed by atoms with Gasteiger partial charge in [0, 0.05) is 6.42 Å². The number of esters is 1. The third-order valence-corrected chi connectivity index (χ3v) is 3.74. The predicted molar refractivity (Wildman–Crippen MR) is 75.7 cm³/mol. The van der Waals surface area contributed by atoms with Crippen LogP contribution in [-0.4, -0.2) is 19.4 Å². The van der Waals surface area contributed by atoms with E-state index in [1.165, 1.54) is 26.4 Å². The van der Waals surface area contributed by atoms with Crippen LogP contribution in [0.1, 0.15) is 44.9 Å². The molecule has 0 saturated heterocycles. The van der Waals surface area contributed by atoms with Crippen LogP contribution in [0.2, 0.25) is 0 Å². The summed E-state index contributed by atoms with van der Waals surface area (Å²) in [6.07, 6.45) is 16.0. The third kappa shape index (κ3) is 6.37. The maximum atomic E-state index is 10.9. The highest BCUT2D eigenvalue weighted by Gasteiger charge is 2.23. The van der Waals surface area contributed by atoms with Gasteiger partial charge in [-0.05, 0) is 50.0 Å². The van der Waals surface area contributed by atoms with Crippen molar-refractivity contribution in [3.8, 4) is 0 Å². The van der Waals surface area contributed by atoms with Gasteiger partial charge in [0.15, 0.2) is 0 Å². The SMILES string of the molecule is COC(=O)CCC/C=C\C[C@@H]1CCC[C@@H]1/C=C/C=O. The zero-order valence-electron chi connectivity index (χ0n) is 11.7. The van der Waals surface area contributed by atoms with E-state index in [1.54, 1.807) is 6.08 Å². The minimum absolute atomic E-state index is 0.136. The van der Waals surface area contributed by atoms with Crippen molar-refractivity contribution in [3.63, 3.8) is 0 Å². The molecular weight excluding hydrogens is 240 g/mol. The second-order valence-corrected chi connectivity index (χ2v) is 5.05. The largest absolute Gasteiger partial charge is 0.469 e. The van der Waals surface area contributed by atoms with Gasteiger partial charge in [0.2, 0.25) is 0 Å². The average Bonchev–Trinajstić information content (AvgIpc) is 2.87. The summed E-state index contributed by atoms with van der Waals surface area (Å²) in [6, 6.07) is 0. The predicted octanol–water partition coefficient (Wildman–Crippen LogP) is 3.45. The number of hydrogen-bond acceptors (Lipinski definition) is 3. The monoisotopic (exact) mass is 264 g/mol. The summed E-state index contributed by atoms with van der Waals surface area (Å²) in [6.45, 7) is 0. The number of methoxy groups -OCH3 is 1. The van der Waals surface area contributed by atoms with Crippen LogP contribution in [0.25, 0.3) is 0 Å². The first kappa shape index (κ1) is 15.7. The van der Waals surface area contributed by atoms with Crippen LogP contribution in [0.3, 0.4) is 0 Å². The van der Waals surface area contributed by atoms with E-state index in [1.807, 2.05) is 0 Å². The molecule has 2 atom stereocenters. The molecule has 1 fully saturated rings. The Hall–Kier alpha value is -1.38. The molecule has 0 N–H and O–H groups in total. The molecule has 1 aliphatic carbocycles. The van der Waals surface area contributed by atoms with E-state index in [9.17, 15) is 9.59 Å². The number of aldehydes is 1. The first-order chi connectivity index (χ1) is 9.27. The van der Waals surface area contributed by atoms with E-state index < -0.39 is 0 Å². The first-order valence-electron chi connectivity index (χ1n) is 7.11. The Balaban J connectivity index is 2.18. The molecule has 0 spiro atoms. The summed E-state index contributed by atoms with van der Waals surface area (Å²) < 4.78 is 4.59. The standard InChI is InChI=1S/C16H24O3/c1-19-16(18)12-5-3-2-4-8-14-9-6-10-15(14)11-7-13-17/h2,4,7,11,13-15H,3,5-6,8-10,12H2,1H3/b4-2-,11-7+/t14-,15-/m1/s1. The molecule has 106 valence electrons. The second-order valence-electron chi connectivity index (χ2n) is 5.05. The molecule has 0 aliphatic heterocycles. The van der Waals surface area contributed by atoms with Crippen molar-refractivity contribution in [3.05, 3.63) is 24.3 Å². The quantitative estimate of drug-likeness (QED) is 0.222. The van der Waals surface area contributed by atoms with Crippen molar-refractivity contribution in [2.24, 2.45) is 11.8 Å². The van der Waals surface area contributed by atoms with Crippen LogP contribution in [0, 0.1) is 11.8 Å². The maximum absolute atomic E-state index is 10.9. The zero-order chi connectivity index (χ0) is 13.9. The van der Waals surface area contributed by atoms with Gasteiger partial charge in [-0.25, -0.2) is 0 Å². The summed E-state index contributed by atoms with van der Waals surface area (Å²) in [4.78, 5) is 21.3. The number of unbranched alkanes of at least 4 members (excludes halogenated alkanes) is 1. The number of rotatable bonds is 8. The van der Waals surface area contributed by atoms with Crippen LogP contribution < -0.4 is 0 Å². The van der Waals surface area contributed by atoms with E-state index in [4.69, 9.17) is 0 Å². The van der Waals surface area contributed by atoms with Crippen molar-refractivity contribution in [1.82, 2.24) is 0 Å². The van der Waals surface area contributed by atoms with Crippen LogP contribution in [-0.2, 0) is 14.3 Å². The normalized spacial score (nSPS) is 23.2. The zero-order valence-corrected chi connectivity index (χ0v) is 11.7. The van der Waals surface area contributed by atoms with Crippen LogP contribution in [0.5, 0.6) is 0 Å². The van der Waals surface area contributed by atoms with Crippen LogP contribution in [0.4, 0.5) is 0 Å². The molecule has 0 radical (unpaired) electrons. The van der Waals surface area contributed by atoms with Gasteiger partial charge >= 0.3 is 5.97 Å². The molecule has 3 nitrogen and oxygen atoms in total. The lowest BCUT2D eigenvalue weighted by molar-refractivity contribution is -0.140. The summed E-state index contributed by atoms with van der Waals surface area (Å²) >= 11 is 0. The molecule has 19 heavy (non-hydrogen) atoms. The highest BCUT2D eigenvalue weighted by atomic mass is 16.5. The molecule has 0 aromatic rings. The number of ether oxygens (including phenoxy) is 1. The first-order valence-corrected chi connectivity index (χ1v) is 7.11. The van der Waals surface area contributed by atoms with Crippen LogP contribution in [0.15, 0.2) is 24.3 Å². The van der Waals surface area contributed by atoms with Gasteiger partial charge in [-0.15, -0.1) is 0 Å². The van der Waals surface area contributed by atoms with Gasteiger partial charge in [-0.2, -0.15) is 0 Å². The lowest BCUT2D eigenvalue weighted by Gasteiger charge is -2.13. The maximum Gasteiger partial charge on any atom is 0.305 e. The van der Waals surface area contributed by atoms with Crippen molar-refractivity contribution >= 4 is 12.3 Å². The molecule has 3 heteroatoms. The van der Waals surface area contributed by atoms with Gasteiger partial charge in [0.05, 0.1) is 7.11 Å². The lowest BCUT2D eigenvalue weighted by atomic mass is 9.92. The molecule has 1 rings (SSSR count). The van der Waals surface area contributed by atoms with Gasteiger partial charge in [-0.1, -0.05) is 24.6 Å². The van der Waals surface area contributed by atoms with Crippen molar-refractivity contribution < 1.29 is 14.3 Å². The van der Waals surface area contributed by atoms with Crippen molar-refractivity contribution in [1.29, 1.82) is 0 Å². The lowest BCUT2D eigenvalue weighted by Crippen LogP contribution is -2.03. The van der Waals surface area contributed by atoms with E-state index in [0.717, 1.165) is 25.5 Å². The molecular formula is C16H24O3. The average molecular weight is 264 g/mol. The van der Waals surface area contributed by atoms with Crippen molar-refractivity contribution in [2.75, 3.05) is 7.11 Å². The Morgan fingerprint density at radius 2 is 2.16 bits per heavy atom. The molecule has 1 aliphatic rings. The van der Waals surface area contributed by atoms with Gasteiger partial charge in [0.25, 0.3) is 0 Å². The molecule has 0 aromatic heterocycles. The van der Waals surface area contributed by atoms with Gasteiger partial charge in [-0.3, -0.25) is 9.59 Å². The Morgan fingerprint density at radius 1 is 1.32 bits per heavy atom. The topological polar surface area (TPSA) is 43.4 Å². The summed E-state index contributed by atoms with van der Waals surface area (Å²) in [5.41, 5.74) is 0. The van der Waals surface area contributed by atoms with E-state index >= 15 is 0 Å². The van der Waals surface area contributed by atoms with Crippen LogP contribution >= 0.6 is 0 Å². The third-order valence-electron chi connectivity index (χ3n) is 3.74. The fraction of sp³-hybridized carbons (Fsp3) is 0.625. The minimum atomic E-state index is -0.136. The fourth-order valence-corrected chi connectivity index (χ4v) is 2.65. The van der Waals surface area contributed by atoms with Gasteiger partial charge in [0.1, 0.15) is 6.29 Å². The smallest absolute Gasteiger partial charge is 0.305 e. The number of hydrogen-bond donors (Lipinski definition) is 0. The number of carbonyl (C=O) groups excluding carboxylic acids is 2. The molecule has 1 saturated carbocycles. The molecule has 0 unspecified atom stereocenters. The Morgan fingerprint density at radius 3 is 2.89 bits per heavy atom.